The summed E-state index contributed by atoms with van der Waals surface area (Å²) >= 11 is 1.42. The maximum Gasteiger partial charge on any atom is 0.270 e. The van der Waals surface area contributed by atoms with Crippen LogP contribution in [0.3, 0.4) is 0 Å². The van der Waals surface area contributed by atoms with Crippen molar-refractivity contribution in [1.29, 1.82) is 0 Å². The fourth-order valence-corrected chi connectivity index (χ4v) is 3.10. The van der Waals surface area contributed by atoms with Crippen LogP contribution in [0.15, 0.2) is 35.8 Å². The minimum atomic E-state index is -0.150. The van der Waals surface area contributed by atoms with Gasteiger partial charge in [-0.1, -0.05) is 18.2 Å². The largest absolute Gasteiger partial charge is 0.361 e. The van der Waals surface area contributed by atoms with Crippen LogP contribution < -0.4 is 11.1 Å². The zero-order chi connectivity index (χ0) is 15.5. The molecule has 0 spiro atoms. The Hall–Kier alpha value is -2.18. The van der Waals surface area contributed by atoms with E-state index in [0.717, 1.165) is 16.9 Å². The van der Waals surface area contributed by atoms with Crippen LogP contribution in [-0.2, 0) is 6.42 Å². The van der Waals surface area contributed by atoms with Gasteiger partial charge in [-0.15, -0.1) is 11.3 Å². The molecule has 0 saturated carbocycles. The molecule has 22 heavy (non-hydrogen) atoms. The Balaban J connectivity index is 1.59. The van der Waals surface area contributed by atoms with E-state index in [4.69, 9.17) is 5.73 Å². The number of nitrogens with zero attached hydrogens (tertiary/aromatic N) is 1. The minimum Gasteiger partial charge on any atom is -0.361 e. The van der Waals surface area contributed by atoms with E-state index in [1.165, 1.54) is 22.3 Å². The van der Waals surface area contributed by atoms with Crippen molar-refractivity contribution in [3.63, 3.8) is 0 Å². The number of hydrogen-bond donors (Lipinski definition) is 3. The second-order valence-corrected chi connectivity index (χ2v) is 6.11. The molecule has 0 bridgehead atoms. The Morgan fingerprint density at radius 3 is 3.05 bits per heavy atom. The molecule has 4 N–H and O–H groups in total. The van der Waals surface area contributed by atoms with Crippen LogP contribution in [-0.4, -0.2) is 22.4 Å². The van der Waals surface area contributed by atoms with Crippen molar-refractivity contribution in [3.8, 4) is 0 Å². The third kappa shape index (κ3) is 3.03. The fourth-order valence-electron chi connectivity index (χ4n) is 2.34. The summed E-state index contributed by atoms with van der Waals surface area (Å²) in [5.74, 6) is -0.150. The van der Waals surface area contributed by atoms with Gasteiger partial charge >= 0.3 is 0 Å². The summed E-state index contributed by atoms with van der Waals surface area (Å²) in [6.45, 7) is 2.43. The molecule has 0 aliphatic carbocycles. The van der Waals surface area contributed by atoms with Crippen molar-refractivity contribution in [1.82, 2.24) is 15.3 Å². The molecule has 0 aliphatic heterocycles. The molecule has 3 rings (SSSR count). The van der Waals surface area contributed by atoms with Gasteiger partial charge in [0.05, 0.1) is 6.04 Å². The van der Waals surface area contributed by atoms with Crippen molar-refractivity contribution in [3.05, 3.63) is 52.1 Å². The summed E-state index contributed by atoms with van der Waals surface area (Å²) in [7, 11) is 0. The molecule has 2 aromatic heterocycles. The topological polar surface area (TPSA) is 83.8 Å². The molecule has 6 heteroatoms. The quantitative estimate of drug-likeness (QED) is 0.677. The normalized spacial score (nSPS) is 12.5. The Bertz CT molecular complexity index is 790. The fraction of sp³-hybridized carbons (Fsp3) is 0.250. The number of aromatic amines is 1. The van der Waals surface area contributed by atoms with Crippen LogP contribution in [0.2, 0.25) is 0 Å². The lowest BCUT2D eigenvalue weighted by molar-refractivity contribution is 0.0949. The summed E-state index contributed by atoms with van der Waals surface area (Å²) in [4.78, 5) is 19.5. The molecular weight excluding hydrogens is 296 g/mol. The van der Waals surface area contributed by atoms with Crippen LogP contribution in [0.25, 0.3) is 10.9 Å². The molecule has 2 heterocycles. The van der Waals surface area contributed by atoms with Crippen LogP contribution in [0, 0.1) is 0 Å². The first-order valence-electron chi connectivity index (χ1n) is 7.19. The first kappa shape index (κ1) is 14.7. The van der Waals surface area contributed by atoms with Gasteiger partial charge in [-0.25, -0.2) is 4.98 Å². The minimum absolute atomic E-state index is 0.141. The van der Waals surface area contributed by atoms with Crippen LogP contribution in [0.5, 0.6) is 0 Å². The summed E-state index contributed by atoms with van der Waals surface area (Å²) in [6, 6.07) is 8.00. The average Bonchev–Trinajstić information content (AvgIpc) is 3.14. The highest BCUT2D eigenvalue weighted by atomic mass is 32.1. The lowest BCUT2D eigenvalue weighted by atomic mass is 10.1. The van der Waals surface area contributed by atoms with Gasteiger partial charge in [0, 0.05) is 29.0 Å². The van der Waals surface area contributed by atoms with Crippen molar-refractivity contribution >= 4 is 28.1 Å². The van der Waals surface area contributed by atoms with Gasteiger partial charge in [-0.3, -0.25) is 4.79 Å². The summed E-state index contributed by atoms with van der Waals surface area (Å²) in [6.07, 6.45) is 2.77. The number of thiazole rings is 1. The van der Waals surface area contributed by atoms with Gasteiger partial charge in [0.2, 0.25) is 0 Å². The van der Waals surface area contributed by atoms with Crippen molar-refractivity contribution in [2.45, 2.75) is 19.4 Å². The predicted octanol–water partition coefficient (Wildman–Crippen LogP) is 2.62. The second kappa shape index (κ2) is 6.29. The predicted molar refractivity (Wildman–Crippen MR) is 89.1 cm³/mol. The highest BCUT2D eigenvalue weighted by Crippen LogP contribution is 2.18. The number of benzene rings is 1. The van der Waals surface area contributed by atoms with E-state index in [-0.39, 0.29) is 11.9 Å². The SMILES string of the molecule is C[C@H](N)c1nc(C(=O)NCCc2c[nH]c3ccccc23)cs1. The molecule has 1 amide bonds. The van der Waals surface area contributed by atoms with Crippen LogP contribution in [0.1, 0.15) is 34.0 Å². The molecule has 0 fully saturated rings. The van der Waals surface area contributed by atoms with E-state index in [1.807, 2.05) is 31.3 Å². The zero-order valence-corrected chi connectivity index (χ0v) is 13.1. The maximum absolute atomic E-state index is 12.1. The van der Waals surface area contributed by atoms with Gasteiger partial charge in [-0.05, 0) is 25.0 Å². The average molecular weight is 314 g/mol. The molecule has 114 valence electrons. The first-order valence-corrected chi connectivity index (χ1v) is 8.07. The highest BCUT2D eigenvalue weighted by Gasteiger charge is 2.12. The number of H-pyrrole nitrogens is 1. The number of amides is 1. The molecule has 0 aliphatic rings. The van der Waals surface area contributed by atoms with E-state index < -0.39 is 0 Å². The van der Waals surface area contributed by atoms with Gasteiger partial charge in [0.25, 0.3) is 5.91 Å². The number of para-hydroxylation sites is 1. The smallest absolute Gasteiger partial charge is 0.270 e. The molecule has 1 atom stereocenters. The Morgan fingerprint density at radius 2 is 2.27 bits per heavy atom. The third-order valence-electron chi connectivity index (χ3n) is 3.50. The van der Waals surface area contributed by atoms with E-state index in [2.05, 4.69) is 21.4 Å². The van der Waals surface area contributed by atoms with Crippen molar-refractivity contribution in [2.24, 2.45) is 5.73 Å². The number of aromatic nitrogens is 2. The molecule has 1 aromatic carbocycles. The molecular formula is C16H18N4OS. The first-order chi connectivity index (χ1) is 10.6. The molecule has 0 radical (unpaired) electrons. The number of carbonyl (C=O) groups excluding carboxylic acids is 1. The summed E-state index contributed by atoms with van der Waals surface area (Å²) in [5.41, 5.74) is 8.51. The number of nitrogens with one attached hydrogen (secondary N) is 2. The molecule has 0 unspecified atom stereocenters. The molecule has 5 nitrogen and oxygen atoms in total. The lowest BCUT2D eigenvalue weighted by Gasteiger charge is -2.03. The van der Waals surface area contributed by atoms with E-state index in [0.29, 0.717) is 12.2 Å². The number of hydrogen-bond acceptors (Lipinski definition) is 4. The van der Waals surface area contributed by atoms with Crippen molar-refractivity contribution < 1.29 is 4.79 Å². The number of nitrogens with two attached hydrogens (primary N) is 1. The molecule has 0 saturated heterocycles. The van der Waals surface area contributed by atoms with Crippen LogP contribution >= 0.6 is 11.3 Å². The number of rotatable bonds is 5. The lowest BCUT2D eigenvalue weighted by Crippen LogP contribution is -2.26. The van der Waals surface area contributed by atoms with Gasteiger partial charge < -0.3 is 16.0 Å². The number of fused-ring (bicyclic) bond motifs is 1. The van der Waals surface area contributed by atoms with E-state index in [9.17, 15) is 4.79 Å². The van der Waals surface area contributed by atoms with E-state index >= 15 is 0 Å². The summed E-state index contributed by atoms with van der Waals surface area (Å²) in [5, 5.41) is 6.63. The molecule has 3 aromatic rings. The standard InChI is InChI=1S/C16H18N4OS/c1-10(17)16-20-14(9-22-16)15(21)18-7-6-11-8-19-13-5-3-2-4-12(11)13/h2-5,8-10,19H,6-7,17H2,1H3,(H,18,21)/t10-/m0/s1. The van der Waals surface area contributed by atoms with Crippen molar-refractivity contribution in [2.75, 3.05) is 6.54 Å². The Morgan fingerprint density at radius 1 is 1.45 bits per heavy atom. The van der Waals surface area contributed by atoms with Crippen LogP contribution in [0.4, 0.5) is 0 Å². The zero-order valence-electron chi connectivity index (χ0n) is 12.3. The second-order valence-electron chi connectivity index (χ2n) is 5.23. The van der Waals surface area contributed by atoms with Gasteiger partial charge in [0.15, 0.2) is 0 Å². The highest BCUT2D eigenvalue weighted by molar-refractivity contribution is 7.09. The van der Waals surface area contributed by atoms with Gasteiger partial charge in [0.1, 0.15) is 10.7 Å². The maximum atomic E-state index is 12.1. The van der Waals surface area contributed by atoms with E-state index in [1.54, 1.807) is 5.38 Å². The third-order valence-corrected chi connectivity index (χ3v) is 4.54. The monoisotopic (exact) mass is 314 g/mol. The Labute approximate surface area is 132 Å². The van der Waals surface area contributed by atoms with Gasteiger partial charge in [-0.2, -0.15) is 0 Å². The number of carbonyl (C=O) groups is 1. The Kier molecular flexibility index (Phi) is 4.22. The summed E-state index contributed by atoms with van der Waals surface area (Å²) < 4.78 is 0.